The molecule has 214 valence electrons. The van der Waals surface area contributed by atoms with Crippen molar-refractivity contribution < 1.29 is 27.6 Å². The Labute approximate surface area is 239 Å². The summed E-state index contributed by atoms with van der Waals surface area (Å²) in [6.07, 6.45) is 5.69. The van der Waals surface area contributed by atoms with E-state index in [4.69, 9.17) is 28.9 Å². The van der Waals surface area contributed by atoms with Crippen molar-refractivity contribution in [3.63, 3.8) is 0 Å². The Hall–Kier alpha value is -2.56. The molecule has 5 N–H and O–H groups in total. The lowest BCUT2D eigenvalue weighted by Crippen LogP contribution is -2.70. The molecule has 12 heteroatoms. The van der Waals surface area contributed by atoms with Crippen LogP contribution < -0.4 is 21.7 Å². The van der Waals surface area contributed by atoms with E-state index >= 15 is 4.39 Å². The Morgan fingerprint density at radius 3 is 2.50 bits per heavy atom. The number of hydrogen-bond donors (Lipinski definition) is 4. The van der Waals surface area contributed by atoms with Gasteiger partial charge in [0.25, 0.3) is 0 Å². The van der Waals surface area contributed by atoms with Crippen molar-refractivity contribution in [2.45, 2.75) is 55.3 Å². The lowest BCUT2D eigenvalue weighted by Gasteiger charge is -2.60. The fraction of sp³-hybridized carbons (Fsp3) is 0.536. The van der Waals surface area contributed by atoms with Gasteiger partial charge in [-0.1, -0.05) is 41.4 Å². The number of carbonyl (C=O) groups excluding carboxylic acids is 3. The van der Waals surface area contributed by atoms with Crippen LogP contribution in [0.4, 0.5) is 13.2 Å². The molecule has 2 heterocycles. The number of halogens is 5. The average Bonchev–Trinajstić information content (AvgIpc) is 3.33. The third kappa shape index (κ3) is 3.71. The van der Waals surface area contributed by atoms with Gasteiger partial charge in [-0.3, -0.25) is 28.5 Å². The molecule has 0 radical (unpaired) electrons. The van der Waals surface area contributed by atoms with Crippen LogP contribution in [0.5, 0.6) is 0 Å². The molecular weight excluding hydrogens is 568 g/mol. The molecule has 7 nitrogen and oxygen atoms in total. The molecule has 2 spiro atoms. The van der Waals surface area contributed by atoms with Gasteiger partial charge in [-0.15, -0.1) is 0 Å². The molecule has 2 saturated heterocycles. The van der Waals surface area contributed by atoms with Crippen molar-refractivity contribution in [1.29, 1.82) is 0 Å². The Bertz CT molecular complexity index is 1340. The molecule has 40 heavy (non-hydrogen) atoms. The quantitative estimate of drug-likeness (QED) is 0.404. The summed E-state index contributed by atoms with van der Waals surface area (Å²) in [5.41, 5.74) is 1.38. The monoisotopic (exact) mass is 596 g/mol. The highest BCUT2D eigenvalue weighted by Crippen LogP contribution is 2.70. The van der Waals surface area contributed by atoms with Gasteiger partial charge >= 0.3 is 0 Å². The molecule has 5 aliphatic rings. The maximum absolute atomic E-state index is 15.8. The first-order valence-electron chi connectivity index (χ1n) is 13.3. The first-order chi connectivity index (χ1) is 19.0. The van der Waals surface area contributed by atoms with E-state index in [2.05, 4.69) is 16.0 Å². The van der Waals surface area contributed by atoms with E-state index in [0.29, 0.717) is 17.9 Å². The van der Waals surface area contributed by atoms with E-state index in [1.54, 1.807) is 24.3 Å². The largest absolute Gasteiger partial charge is 0.369 e. The highest BCUT2D eigenvalue weighted by molar-refractivity contribution is 6.31. The number of rotatable bonds is 6. The van der Waals surface area contributed by atoms with Crippen LogP contribution in [0, 0.1) is 28.5 Å². The normalized spacial score (nSPS) is 36.4. The zero-order valence-corrected chi connectivity index (χ0v) is 22.9. The van der Waals surface area contributed by atoms with E-state index in [-0.39, 0.29) is 35.4 Å². The predicted octanol–water partition coefficient (Wildman–Crippen LogP) is 3.17. The topological polar surface area (TPSA) is 113 Å². The van der Waals surface area contributed by atoms with Crippen LogP contribution in [-0.2, 0) is 14.4 Å². The van der Waals surface area contributed by atoms with E-state index in [1.165, 1.54) is 12.1 Å². The minimum absolute atomic E-state index is 0.0588. The number of alkyl halides is 2. The molecule has 0 aromatic heterocycles. The summed E-state index contributed by atoms with van der Waals surface area (Å²) in [4.78, 5) is 39.7. The first-order valence-corrected chi connectivity index (χ1v) is 14.1. The van der Waals surface area contributed by atoms with Crippen molar-refractivity contribution in [2.24, 2.45) is 28.4 Å². The zero-order valence-electron chi connectivity index (χ0n) is 21.4. The van der Waals surface area contributed by atoms with Crippen LogP contribution in [0.2, 0.25) is 5.02 Å². The Balaban J connectivity index is 1.49. The number of allylic oxidation sites excluding steroid dienone is 2. The van der Waals surface area contributed by atoms with Gasteiger partial charge in [-0.25, -0.2) is 4.39 Å². The number of primary amides is 1. The van der Waals surface area contributed by atoms with Crippen LogP contribution in [0.3, 0.4) is 0 Å². The molecule has 0 bridgehead atoms. The second-order valence-electron chi connectivity index (χ2n) is 12.0. The highest BCUT2D eigenvalue weighted by atomic mass is 35.5. The Kier molecular flexibility index (Phi) is 6.55. The number of nitrogens with two attached hydrogens (primary N) is 1. The minimum Gasteiger partial charge on any atom is -0.369 e. The molecule has 3 amide bonds. The van der Waals surface area contributed by atoms with Gasteiger partial charge in [-0.2, -0.15) is 0 Å². The highest BCUT2D eigenvalue weighted by Gasteiger charge is 2.80. The van der Waals surface area contributed by atoms with Crippen molar-refractivity contribution in [3.05, 3.63) is 57.9 Å². The molecule has 4 fully saturated rings. The van der Waals surface area contributed by atoms with Crippen molar-refractivity contribution >= 4 is 40.9 Å². The SMILES string of the molecule is NC(=O)C1CC(NC(=O)[C@@H]2NC3(CC(CF)(CF)C3)[C@@]3(C(=O)NC4C=C(Cl)C=CC43)[C@H]2c2cccc(Cl)c2F)C1. The number of fused-ring (bicyclic) bond motifs is 3. The smallest absolute Gasteiger partial charge is 0.238 e. The fourth-order valence-corrected chi connectivity index (χ4v) is 8.48. The van der Waals surface area contributed by atoms with Gasteiger partial charge in [-0.05, 0) is 49.5 Å². The fourth-order valence-electron chi connectivity index (χ4n) is 8.09. The van der Waals surface area contributed by atoms with Gasteiger partial charge in [0, 0.05) is 39.8 Å². The molecule has 5 atom stereocenters. The predicted molar refractivity (Wildman–Crippen MR) is 142 cm³/mol. The van der Waals surface area contributed by atoms with Crippen LogP contribution in [0.25, 0.3) is 0 Å². The van der Waals surface area contributed by atoms with Crippen molar-refractivity contribution in [1.82, 2.24) is 16.0 Å². The summed E-state index contributed by atoms with van der Waals surface area (Å²) in [7, 11) is 0. The summed E-state index contributed by atoms with van der Waals surface area (Å²) in [6.45, 7) is -1.88. The second kappa shape index (κ2) is 9.49. The van der Waals surface area contributed by atoms with E-state index < -0.39 is 77.2 Å². The molecule has 3 aliphatic carbocycles. The lowest BCUT2D eigenvalue weighted by atomic mass is 9.44. The van der Waals surface area contributed by atoms with Crippen molar-refractivity contribution in [3.8, 4) is 0 Å². The molecule has 6 rings (SSSR count). The Morgan fingerprint density at radius 1 is 1.15 bits per heavy atom. The minimum atomic E-state index is -1.50. The van der Waals surface area contributed by atoms with Crippen LogP contribution in [0.1, 0.15) is 37.2 Å². The summed E-state index contributed by atoms with van der Waals surface area (Å²) in [6, 6.07) is 2.38. The second-order valence-corrected chi connectivity index (χ2v) is 12.9. The standard InChI is InChI=1S/C28H29Cl2F3N4O3/c29-14-4-5-17-19(8-14)36-25(40)28(17)20(16-2-1-3-18(30)21(16)33)22(24(39)35-15-6-13(7-15)23(34)38)37-27(28)9-26(10-27,11-31)12-32/h1-5,8,13,15,17,19-20,22,37H,6-7,9-12H2,(H2,34,38)(H,35,39)(H,36,40)/t13?,15?,17?,19?,20-,22+,28+/m0/s1. The molecule has 1 aromatic carbocycles. The van der Waals surface area contributed by atoms with Gasteiger partial charge < -0.3 is 16.4 Å². The van der Waals surface area contributed by atoms with E-state index in [9.17, 15) is 23.2 Å². The molecule has 2 aliphatic heterocycles. The zero-order chi connectivity index (χ0) is 28.6. The first kappa shape index (κ1) is 27.6. The van der Waals surface area contributed by atoms with Gasteiger partial charge in [0.1, 0.15) is 5.82 Å². The number of hydrogen-bond acceptors (Lipinski definition) is 4. The van der Waals surface area contributed by atoms with Crippen LogP contribution in [0.15, 0.2) is 41.5 Å². The van der Waals surface area contributed by atoms with Gasteiger partial charge in [0.2, 0.25) is 17.7 Å². The molecule has 2 unspecified atom stereocenters. The maximum atomic E-state index is 15.8. The summed E-state index contributed by atoms with van der Waals surface area (Å²) in [5.74, 6) is -4.21. The van der Waals surface area contributed by atoms with Crippen molar-refractivity contribution in [2.75, 3.05) is 13.3 Å². The molecular formula is C28H29Cl2F3N4O3. The summed E-state index contributed by atoms with van der Waals surface area (Å²) >= 11 is 12.5. The number of carbonyl (C=O) groups is 3. The number of amides is 3. The number of benzene rings is 1. The number of nitrogens with one attached hydrogen (secondary N) is 3. The average molecular weight is 597 g/mol. The van der Waals surface area contributed by atoms with E-state index in [0.717, 1.165) is 0 Å². The summed E-state index contributed by atoms with van der Waals surface area (Å²) < 4.78 is 44.2. The Morgan fingerprint density at radius 2 is 1.85 bits per heavy atom. The lowest BCUT2D eigenvalue weighted by molar-refractivity contribution is -0.146. The summed E-state index contributed by atoms with van der Waals surface area (Å²) in [5, 5.41) is 9.43. The van der Waals surface area contributed by atoms with Gasteiger partial charge in [0.15, 0.2) is 0 Å². The third-order valence-electron chi connectivity index (χ3n) is 9.84. The third-order valence-corrected chi connectivity index (χ3v) is 10.4. The molecule has 2 saturated carbocycles. The van der Waals surface area contributed by atoms with Gasteiger partial charge in [0.05, 0.1) is 35.9 Å². The molecule has 1 aromatic rings. The van der Waals surface area contributed by atoms with Crippen LogP contribution in [-0.4, -0.2) is 54.7 Å². The van der Waals surface area contributed by atoms with Crippen LogP contribution >= 0.6 is 23.2 Å². The maximum Gasteiger partial charge on any atom is 0.238 e. The van der Waals surface area contributed by atoms with E-state index in [1.807, 2.05) is 0 Å².